The summed E-state index contributed by atoms with van der Waals surface area (Å²) in [6.45, 7) is 7.70. The average Bonchev–Trinajstić information content (AvgIpc) is 2.26. The summed E-state index contributed by atoms with van der Waals surface area (Å²) in [5.41, 5.74) is 1.22. The molecule has 2 nitrogen and oxygen atoms in total. The fourth-order valence-corrected chi connectivity index (χ4v) is 2.21. The Hall–Kier alpha value is -1.02. The number of phenols is 1. The van der Waals surface area contributed by atoms with E-state index >= 15 is 0 Å². The summed E-state index contributed by atoms with van der Waals surface area (Å²) in [5.74, 6) is 1.09. The molecule has 0 aliphatic rings. The Balaban J connectivity index is 2.45. The van der Waals surface area contributed by atoms with E-state index in [0.29, 0.717) is 11.8 Å². The summed E-state index contributed by atoms with van der Waals surface area (Å²) in [5, 5.41) is 12.9. The number of hydrogen-bond acceptors (Lipinski definition) is 2. The second-order valence-corrected chi connectivity index (χ2v) is 5.09. The fourth-order valence-electron chi connectivity index (χ4n) is 2.21. The molecule has 2 heteroatoms. The third-order valence-corrected chi connectivity index (χ3v) is 2.94. The van der Waals surface area contributed by atoms with Gasteiger partial charge in [0, 0.05) is 6.04 Å². The van der Waals surface area contributed by atoms with E-state index in [1.54, 1.807) is 6.07 Å². The summed E-state index contributed by atoms with van der Waals surface area (Å²) in [6.07, 6.45) is 3.38. The van der Waals surface area contributed by atoms with Gasteiger partial charge in [-0.25, -0.2) is 0 Å². The predicted octanol–water partition coefficient (Wildman–Crippen LogP) is 3.35. The Bertz CT molecular complexity index is 322. The molecule has 17 heavy (non-hydrogen) atoms. The predicted molar refractivity (Wildman–Crippen MR) is 73.3 cm³/mol. The summed E-state index contributed by atoms with van der Waals surface area (Å²) < 4.78 is 0. The quantitative estimate of drug-likeness (QED) is 0.759. The topological polar surface area (TPSA) is 32.3 Å². The normalized spacial score (nSPS) is 12.9. The third-order valence-electron chi connectivity index (χ3n) is 2.94. The molecule has 0 fully saturated rings. The van der Waals surface area contributed by atoms with Crippen molar-refractivity contribution in [3.63, 3.8) is 0 Å². The van der Waals surface area contributed by atoms with Gasteiger partial charge in [-0.3, -0.25) is 0 Å². The van der Waals surface area contributed by atoms with Gasteiger partial charge in [0.05, 0.1) is 0 Å². The zero-order chi connectivity index (χ0) is 12.7. The van der Waals surface area contributed by atoms with E-state index in [2.05, 4.69) is 32.2 Å². The lowest BCUT2D eigenvalue weighted by atomic mass is 9.97. The van der Waals surface area contributed by atoms with Gasteiger partial charge in [-0.1, -0.05) is 32.9 Å². The Labute approximate surface area is 105 Å². The smallest absolute Gasteiger partial charge is 0.115 e. The minimum atomic E-state index is 0.367. The van der Waals surface area contributed by atoms with Crippen LogP contribution >= 0.6 is 0 Å². The lowest BCUT2D eigenvalue weighted by Crippen LogP contribution is -2.30. The molecule has 0 bridgehead atoms. The zero-order valence-corrected chi connectivity index (χ0v) is 11.2. The van der Waals surface area contributed by atoms with Crippen LogP contribution in [0.3, 0.4) is 0 Å². The van der Waals surface area contributed by atoms with Gasteiger partial charge >= 0.3 is 0 Å². The minimum Gasteiger partial charge on any atom is -0.508 e. The summed E-state index contributed by atoms with van der Waals surface area (Å²) >= 11 is 0. The highest BCUT2D eigenvalue weighted by Crippen LogP contribution is 2.15. The number of hydrogen-bond donors (Lipinski definition) is 2. The van der Waals surface area contributed by atoms with Gasteiger partial charge in [-0.05, 0) is 49.4 Å². The number of nitrogens with one attached hydrogen (secondary N) is 1. The van der Waals surface area contributed by atoms with Crippen LogP contribution in [0, 0.1) is 5.92 Å². The molecule has 1 aromatic carbocycles. The van der Waals surface area contributed by atoms with Crippen LogP contribution in [0.2, 0.25) is 0 Å². The Morgan fingerprint density at radius 2 is 2.06 bits per heavy atom. The largest absolute Gasteiger partial charge is 0.508 e. The highest BCUT2D eigenvalue weighted by atomic mass is 16.3. The first-order valence-corrected chi connectivity index (χ1v) is 6.63. The van der Waals surface area contributed by atoms with Crippen molar-refractivity contribution in [3.8, 4) is 5.75 Å². The summed E-state index contributed by atoms with van der Waals surface area (Å²) in [4.78, 5) is 0. The summed E-state index contributed by atoms with van der Waals surface area (Å²) in [7, 11) is 0. The molecule has 0 amide bonds. The van der Waals surface area contributed by atoms with Gasteiger partial charge in [0.2, 0.25) is 0 Å². The molecule has 1 rings (SSSR count). The first kappa shape index (κ1) is 14.0. The molecule has 1 aromatic rings. The van der Waals surface area contributed by atoms with E-state index in [0.717, 1.165) is 25.3 Å². The van der Waals surface area contributed by atoms with E-state index in [1.165, 1.54) is 12.0 Å². The molecule has 0 aliphatic carbocycles. The van der Waals surface area contributed by atoms with Crippen LogP contribution in [0.4, 0.5) is 0 Å². The van der Waals surface area contributed by atoms with Crippen molar-refractivity contribution in [2.45, 2.75) is 46.1 Å². The van der Waals surface area contributed by atoms with Crippen LogP contribution in [0.1, 0.15) is 39.2 Å². The van der Waals surface area contributed by atoms with E-state index in [-0.39, 0.29) is 0 Å². The Kier molecular flexibility index (Phi) is 6.06. The first-order valence-electron chi connectivity index (χ1n) is 6.63. The SMILES string of the molecule is CCNC(CCc1cccc(O)c1)CC(C)C. The number of aromatic hydroxyl groups is 1. The monoisotopic (exact) mass is 235 g/mol. The van der Waals surface area contributed by atoms with Gasteiger partial charge in [0.1, 0.15) is 5.75 Å². The van der Waals surface area contributed by atoms with Crippen molar-refractivity contribution in [3.05, 3.63) is 29.8 Å². The van der Waals surface area contributed by atoms with Crippen LogP contribution in [0.15, 0.2) is 24.3 Å². The highest BCUT2D eigenvalue weighted by molar-refractivity contribution is 5.27. The van der Waals surface area contributed by atoms with Gasteiger partial charge in [-0.2, -0.15) is 0 Å². The molecular formula is C15H25NO. The maximum absolute atomic E-state index is 9.41. The Morgan fingerprint density at radius 1 is 1.29 bits per heavy atom. The molecule has 1 unspecified atom stereocenters. The van der Waals surface area contributed by atoms with Crippen LogP contribution in [-0.2, 0) is 6.42 Å². The third kappa shape index (κ3) is 5.73. The lowest BCUT2D eigenvalue weighted by Gasteiger charge is -2.19. The number of rotatable bonds is 7. The van der Waals surface area contributed by atoms with E-state index in [4.69, 9.17) is 0 Å². The standard InChI is InChI=1S/C15H25NO/c1-4-16-14(10-12(2)3)9-8-13-6-5-7-15(17)11-13/h5-7,11-12,14,16-17H,4,8-10H2,1-3H3. The number of aryl methyl sites for hydroxylation is 1. The van der Waals surface area contributed by atoms with Gasteiger partial charge in [-0.15, -0.1) is 0 Å². The van der Waals surface area contributed by atoms with Gasteiger partial charge < -0.3 is 10.4 Å². The lowest BCUT2D eigenvalue weighted by molar-refractivity contribution is 0.405. The van der Waals surface area contributed by atoms with Crippen molar-refractivity contribution >= 4 is 0 Å². The molecule has 0 saturated carbocycles. The van der Waals surface area contributed by atoms with Crippen LogP contribution < -0.4 is 5.32 Å². The van der Waals surface area contributed by atoms with E-state index in [9.17, 15) is 5.11 Å². The van der Waals surface area contributed by atoms with Crippen molar-refractivity contribution in [1.29, 1.82) is 0 Å². The first-order chi connectivity index (χ1) is 8.11. The molecule has 0 aliphatic heterocycles. The van der Waals surface area contributed by atoms with Crippen molar-refractivity contribution in [1.82, 2.24) is 5.32 Å². The zero-order valence-electron chi connectivity index (χ0n) is 11.2. The molecule has 96 valence electrons. The Morgan fingerprint density at radius 3 is 2.65 bits per heavy atom. The molecule has 1 atom stereocenters. The van der Waals surface area contributed by atoms with Gasteiger partial charge in [0.25, 0.3) is 0 Å². The van der Waals surface area contributed by atoms with Crippen LogP contribution in [0.25, 0.3) is 0 Å². The minimum absolute atomic E-state index is 0.367. The maximum atomic E-state index is 9.41. The molecule has 0 aromatic heterocycles. The second kappa shape index (κ2) is 7.33. The molecule has 0 spiro atoms. The average molecular weight is 235 g/mol. The molecular weight excluding hydrogens is 210 g/mol. The van der Waals surface area contributed by atoms with Crippen molar-refractivity contribution in [2.24, 2.45) is 5.92 Å². The highest BCUT2D eigenvalue weighted by Gasteiger charge is 2.09. The molecule has 2 N–H and O–H groups in total. The summed E-state index contributed by atoms with van der Waals surface area (Å²) in [6, 6.07) is 8.16. The molecule has 0 saturated heterocycles. The second-order valence-electron chi connectivity index (χ2n) is 5.09. The van der Waals surface area contributed by atoms with Gasteiger partial charge in [0.15, 0.2) is 0 Å². The van der Waals surface area contributed by atoms with E-state index < -0.39 is 0 Å². The van der Waals surface area contributed by atoms with Crippen LogP contribution in [-0.4, -0.2) is 17.7 Å². The molecule has 0 heterocycles. The fraction of sp³-hybridized carbons (Fsp3) is 0.600. The number of benzene rings is 1. The van der Waals surface area contributed by atoms with Crippen LogP contribution in [0.5, 0.6) is 5.75 Å². The number of phenolic OH excluding ortho intramolecular Hbond substituents is 1. The molecule has 0 radical (unpaired) electrons. The van der Waals surface area contributed by atoms with Crippen molar-refractivity contribution in [2.75, 3.05) is 6.54 Å². The van der Waals surface area contributed by atoms with E-state index in [1.807, 2.05) is 12.1 Å². The van der Waals surface area contributed by atoms with Crippen molar-refractivity contribution < 1.29 is 5.11 Å². The maximum Gasteiger partial charge on any atom is 0.115 e.